The molecule has 7 radical (unpaired) electrons. The van der Waals surface area contributed by atoms with E-state index in [-0.39, 0.29) is 28.3 Å². The van der Waals surface area contributed by atoms with Crippen LogP contribution in [-0.4, -0.2) is 34.9 Å². The largest absolute Gasteiger partial charge is 0.489 e. The Morgan fingerprint density at radius 3 is 2.67 bits per heavy atom. The van der Waals surface area contributed by atoms with Gasteiger partial charge in [0.25, 0.3) is 0 Å². The number of hydrogen-bond acceptors (Lipinski definition) is 1. The van der Waals surface area contributed by atoms with Crippen molar-refractivity contribution in [1.29, 1.82) is 0 Å². The van der Waals surface area contributed by atoms with E-state index in [0.29, 0.717) is 6.61 Å². The van der Waals surface area contributed by atoms with Crippen LogP contribution < -0.4 is 4.74 Å². The lowest BCUT2D eigenvalue weighted by atomic mass is 10.1. The molecule has 0 atom stereocenters. The molecule has 0 saturated carbocycles. The summed E-state index contributed by atoms with van der Waals surface area (Å²) in [7, 11) is 0. The molecule has 12 heavy (non-hydrogen) atoms. The van der Waals surface area contributed by atoms with E-state index in [1.807, 2.05) is 30.3 Å². The molecule has 0 fully saturated rings. The van der Waals surface area contributed by atoms with Crippen LogP contribution in [0.25, 0.3) is 6.08 Å². The molecule has 57 valence electrons. The fourth-order valence-corrected chi connectivity index (χ4v) is 1.06. The Morgan fingerprint density at radius 2 is 1.92 bits per heavy atom. The van der Waals surface area contributed by atoms with Crippen molar-refractivity contribution in [2.24, 2.45) is 0 Å². The Hall–Kier alpha value is -0.491. The van der Waals surface area contributed by atoms with Crippen LogP contribution in [0.15, 0.2) is 30.3 Å². The zero-order valence-corrected chi connectivity index (χ0v) is 8.81. The molecule has 0 spiro atoms. The van der Waals surface area contributed by atoms with Crippen LogP contribution >= 0.6 is 0 Å². The van der Waals surface area contributed by atoms with Crippen molar-refractivity contribution in [2.45, 2.75) is 0 Å². The van der Waals surface area contributed by atoms with Crippen LogP contribution in [0.2, 0.25) is 0 Å². The number of fused-ring (bicyclic) bond motifs is 1. The Labute approximate surface area is 87.6 Å². The second-order valence-corrected chi connectivity index (χ2v) is 2.25. The number of rotatable bonds is 0. The molecule has 1 nitrogen and oxygen atoms in total. The minimum absolute atomic E-state index is 0. The van der Waals surface area contributed by atoms with Gasteiger partial charge in [-0.05, 0) is 12.1 Å². The molecule has 0 N–H and O–H groups in total. The van der Waals surface area contributed by atoms with Gasteiger partial charge in [-0.15, -0.1) is 0 Å². The quantitative estimate of drug-likeness (QED) is 0.557. The monoisotopic (exact) mass is 187 g/mol. The zero-order chi connectivity index (χ0) is 6.81. The van der Waals surface area contributed by atoms with E-state index in [1.54, 1.807) is 0 Å². The third kappa shape index (κ3) is 2.25. The van der Waals surface area contributed by atoms with E-state index in [9.17, 15) is 0 Å². The van der Waals surface area contributed by atoms with Gasteiger partial charge in [0.05, 0.1) is 0 Å². The summed E-state index contributed by atoms with van der Waals surface area (Å²) in [4.78, 5) is 0. The molecule has 0 aromatic heterocycles. The van der Waals surface area contributed by atoms with E-state index in [2.05, 4.69) is 6.08 Å². The van der Waals surface area contributed by atoms with Crippen molar-refractivity contribution in [1.82, 2.24) is 0 Å². The summed E-state index contributed by atoms with van der Waals surface area (Å²) in [5, 5.41) is 0. The van der Waals surface area contributed by atoms with Gasteiger partial charge in [0.15, 0.2) is 0 Å². The minimum atomic E-state index is 0. The highest BCUT2D eigenvalue weighted by molar-refractivity contribution is 5.76. The highest BCUT2D eigenvalue weighted by Gasteiger charge is 2.01. The van der Waals surface area contributed by atoms with Crippen molar-refractivity contribution in [3.05, 3.63) is 35.9 Å². The summed E-state index contributed by atoms with van der Waals surface area (Å²) in [6, 6.07) is 8.03. The van der Waals surface area contributed by atoms with Gasteiger partial charge in [-0.2, -0.15) is 0 Å². The predicted octanol–water partition coefficient (Wildman–Crippen LogP) is 1.33. The molecule has 1 aromatic rings. The summed E-state index contributed by atoms with van der Waals surface area (Å²) >= 11 is 0. The third-order valence-electron chi connectivity index (χ3n) is 1.55. The maximum Gasteiger partial charge on any atom is 0.126 e. The smallest absolute Gasteiger partial charge is 0.126 e. The van der Waals surface area contributed by atoms with Gasteiger partial charge in [-0.3, -0.25) is 0 Å². The van der Waals surface area contributed by atoms with Crippen molar-refractivity contribution >= 4 is 34.4 Å². The van der Waals surface area contributed by atoms with Crippen molar-refractivity contribution < 1.29 is 4.74 Å². The van der Waals surface area contributed by atoms with E-state index in [1.165, 1.54) is 5.56 Å². The third-order valence-corrected chi connectivity index (χ3v) is 1.55. The molecule has 0 bridgehead atoms. The summed E-state index contributed by atoms with van der Waals surface area (Å²) in [6.07, 6.45) is 4.10. The van der Waals surface area contributed by atoms with E-state index in [4.69, 9.17) is 4.74 Å². The summed E-state index contributed by atoms with van der Waals surface area (Å²) in [6.45, 7) is 0.705. The maximum atomic E-state index is 5.34. The normalized spacial score (nSPS) is 11.7. The lowest BCUT2D eigenvalue weighted by Crippen LogP contribution is -1.98. The molecule has 0 saturated heterocycles. The molecule has 2 rings (SSSR count). The fourth-order valence-electron chi connectivity index (χ4n) is 1.06. The molecular weight excluding hydrogens is 179 g/mol. The van der Waals surface area contributed by atoms with Gasteiger partial charge in [0.1, 0.15) is 12.4 Å². The van der Waals surface area contributed by atoms with E-state index < -0.39 is 0 Å². The summed E-state index contributed by atoms with van der Waals surface area (Å²) in [5.41, 5.74) is 1.17. The van der Waals surface area contributed by atoms with E-state index in [0.717, 1.165) is 5.75 Å². The number of hydrogen-bond donors (Lipinski definition) is 0. The Bertz CT molecular complexity index is 273. The van der Waals surface area contributed by atoms with Crippen LogP contribution in [0, 0.1) is 0 Å². The van der Waals surface area contributed by atoms with Crippen LogP contribution in [0.3, 0.4) is 0 Å². The molecule has 3 heteroatoms. The van der Waals surface area contributed by atoms with Gasteiger partial charge in [-0.1, -0.05) is 24.3 Å². The van der Waals surface area contributed by atoms with Crippen LogP contribution in [0.5, 0.6) is 5.75 Å². The highest BCUT2D eigenvalue weighted by Crippen LogP contribution is 2.21. The minimum Gasteiger partial charge on any atom is -0.489 e. The van der Waals surface area contributed by atoms with Crippen molar-refractivity contribution in [2.75, 3.05) is 6.61 Å². The average Bonchev–Trinajstić information content (AvgIpc) is 2.05. The average molecular weight is 187 g/mol. The number of para-hydroxylation sites is 1. The molecule has 0 amide bonds. The standard InChI is InChI=1S/C9H8O.Al.Si/c1-2-6-9-8(4-1)5-3-7-10-9;;/h1-6H,7H2;;. The summed E-state index contributed by atoms with van der Waals surface area (Å²) < 4.78 is 5.34. The Balaban J connectivity index is 0.000000605. The van der Waals surface area contributed by atoms with Gasteiger partial charge in [-0.25, -0.2) is 0 Å². The lowest BCUT2D eigenvalue weighted by molar-refractivity contribution is 0.358. The van der Waals surface area contributed by atoms with Crippen LogP contribution in [0.1, 0.15) is 5.56 Å². The lowest BCUT2D eigenvalue weighted by Gasteiger charge is -2.10. The number of ether oxygens (including phenoxy) is 1. The van der Waals surface area contributed by atoms with E-state index >= 15 is 0 Å². The van der Waals surface area contributed by atoms with Gasteiger partial charge >= 0.3 is 0 Å². The predicted molar refractivity (Wildman–Crippen MR) is 52.5 cm³/mol. The first-order valence-corrected chi connectivity index (χ1v) is 3.35. The van der Waals surface area contributed by atoms with Gasteiger partial charge in [0, 0.05) is 33.9 Å². The highest BCUT2D eigenvalue weighted by atomic mass is 28.1. The molecule has 0 aliphatic carbocycles. The topological polar surface area (TPSA) is 9.23 Å². The SMILES string of the molecule is C1=Cc2ccccc2OC1.[Al].[Si]. The molecule has 1 heterocycles. The Morgan fingerprint density at radius 1 is 1.17 bits per heavy atom. The second-order valence-electron chi connectivity index (χ2n) is 2.25. The second kappa shape index (κ2) is 5.21. The number of benzene rings is 1. The van der Waals surface area contributed by atoms with Crippen LogP contribution in [0.4, 0.5) is 0 Å². The van der Waals surface area contributed by atoms with Crippen molar-refractivity contribution in [3.8, 4) is 5.75 Å². The maximum absolute atomic E-state index is 5.34. The first-order valence-electron chi connectivity index (χ1n) is 3.35. The zero-order valence-electron chi connectivity index (χ0n) is 6.66. The van der Waals surface area contributed by atoms with Gasteiger partial charge < -0.3 is 4.74 Å². The first kappa shape index (κ1) is 11.5. The van der Waals surface area contributed by atoms with Crippen LogP contribution in [-0.2, 0) is 0 Å². The van der Waals surface area contributed by atoms with Gasteiger partial charge in [0.2, 0.25) is 0 Å². The fraction of sp³-hybridized carbons (Fsp3) is 0.111. The Kier molecular flexibility index (Phi) is 4.99. The molecular formula is C9H8AlOSi. The molecule has 1 aliphatic heterocycles. The molecule has 1 aromatic carbocycles. The molecule has 1 aliphatic rings. The molecule has 0 unspecified atom stereocenters. The van der Waals surface area contributed by atoms with Crippen molar-refractivity contribution in [3.63, 3.8) is 0 Å². The first-order chi connectivity index (χ1) is 4.97. The summed E-state index contributed by atoms with van der Waals surface area (Å²) in [5.74, 6) is 0.991.